The Bertz CT molecular complexity index is 1100. The Morgan fingerprint density at radius 3 is 2.50 bits per heavy atom. The number of halogens is 1. The molecule has 2 aliphatic rings. The summed E-state index contributed by atoms with van der Waals surface area (Å²) in [6.07, 6.45) is 3.75. The Kier molecular flexibility index (Phi) is 6.15. The van der Waals surface area contributed by atoms with Crippen molar-refractivity contribution in [2.24, 2.45) is 5.92 Å². The van der Waals surface area contributed by atoms with Crippen molar-refractivity contribution in [3.8, 4) is 0 Å². The van der Waals surface area contributed by atoms with Crippen molar-refractivity contribution in [3.63, 3.8) is 0 Å². The lowest BCUT2D eigenvalue weighted by atomic mass is 9.93. The molecule has 2 amide bonds. The number of hydrogen-bond acceptors (Lipinski definition) is 4. The molecule has 3 aromatic rings. The minimum atomic E-state index is -0.130. The fourth-order valence-corrected chi connectivity index (χ4v) is 6.06. The van der Waals surface area contributed by atoms with Gasteiger partial charge in [0.25, 0.3) is 5.91 Å². The van der Waals surface area contributed by atoms with Gasteiger partial charge in [-0.2, -0.15) is 0 Å². The van der Waals surface area contributed by atoms with E-state index in [1.807, 2.05) is 21.9 Å². The number of aromatic nitrogens is 1. The first-order chi connectivity index (χ1) is 15.6. The summed E-state index contributed by atoms with van der Waals surface area (Å²) in [6, 6.07) is 15.2. The van der Waals surface area contributed by atoms with E-state index in [0.29, 0.717) is 29.6 Å². The Morgan fingerprint density at radius 1 is 0.938 bits per heavy atom. The van der Waals surface area contributed by atoms with Gasteiger partial charge in [0.2, 0.25) is 5.91 Å². The van der Waals surface area contributed by atoms with E-state index in [1.165, 1.54) is 4.70 Å². The lowest BCUT2D eigenvalue weighted by molar-refractivity contribution is -0.138. The predicted molar refractivity (Wildman–Crippen MR) is 128 cm³/mol. The third kappa shape index (κ3) is 4.39. The molecule has 5 rings (SSSR count). The van der Waals surface area contributed by atoms with Gasteiger partial charge >= 0.3 is 0 Å². The van der Waals surface area contributed by atoms with Crippen molar-refractivity contribution in [2.75, 3.05) is 26.2 Å². The van der Waals surface area contributed by atoms with E-state index in [9.17, 15) is 9.59 Å². The molecule has 0 radical (unpaired) electrons. The van der Waals surface area contributed by atoms with Crippen molar-refractivity contribution in [3.05, 3.63) is 64.1 Å². The maximum Gasteiger partial charge on any atom is 0.253 e. The summed E-state index contributed by atoms with van der Waals surface area (Å²) in [7, 11) is 0. The van der Waals surface area contributed by atoms with Crippen molar-refractivity contribution < 1.29 is 9.59 Å². The van der Waals surface area contributed by atoms with Crippen LogP contribution in [-0.2, 0) is 4.79 Å². The van der Waals surface area contributed by atoms with E-state index >= 15 is 0 Å². The standard InChI is InChI=1S/C25H26ClN3O2S/c26-20-11-9-17(10-12-20)24(30)29-14-4-6-19(16-29)25(31)28-13-3-5-18(15-28)23-27-21-7-1-2-8-22(21)32-23/h1-2,7-12,18-19H,3-6,13-16H2/t18-,19-/m0/s1. The SMILES string of the molecule is O=C(c1ccc(Cl)cc1)N1CCC[C@H](C(=O)N2CCC[C@H](c3nc4ccccc4s3)C2)C1. The Labute approximate surface area is 197 Å². The molecule has 0 spiro atoms. The molecule has 1 aromatic heterocycles. The van der Waals surface area contributed by atoms with E-state index in [-0.39, 0.29) is 17.7 Å². The number of nitrogens with zero attached hydrogens (tertiary/aromatic N) is 3. The molecule has 7 heteroatoms. The molecule has 0 N–H and O–H groups in total. The second-order valence-corrected chi connectivity index (χ2v) is 10.2. The van der Waals surface area contributed by atoms with Crippen LogP contribution in [0, 0.1) is 5.92 Å². The number of amides is 2. The predicted octanol–water partition coefficient (Wildman–Crippen LogP) is 5.21. The number of para-hydroxylation sites is 1. The normalized spacial score (nSPS) is 21.7. The average Bonchev–Trinajstić information content (AvgIpc) is 3.28. The lowest BCUT2D eigenvalue weighted by Gasteiger charge is -2.38. The number of rotatable bonds is 3. The van der Waals surface area contributed by atoms with Crippen molar-refractivity contribution >= 4 is 45.0 Å². The number of carbonyl (C=O) groups excluding carboxylic acids is 2. The molecular formula is C25H26ClN3O2S. The second-order valence-electron chi connectivity index (χ2n) is 8.74. The Balaban J connectivity index is 1.25. The molecule has 2 fully saturated rings. The maximum absolute atomic E-state index is 13.4. The zero-order valence-corrected chi connectivity index (χ0v) is 19.4. The lowest BCUT2D eigenvalue weighted by Crippen LogP contribution is -2.48. The molecule has 0 aliphatic carbocycles. The van der Waals surface area contributed by atoms with E-state index in [0.717, 1.165) is 49.3 Å². The van der Waals surface area contributed by atoms with Gasteiger partial charge in [0.1, 0.15) is 0 Å². The Hall–Kier alpha value is -2.44. The molecule has 166 valence electrons. The number of carbonyl (C=O) groups is 2. The zero-order chi connectivity index (χ0) is 22.1. The smallest absolute Gasteiger partial charge is 0.253 e. The number of likely N-dealkylation sites (tertiary alicyclic amines) is 2. The van der Waals surface area contributed by atoms with Crippen LogP contribution in [0.25, 0.3) is 10.2 Å². The van der Waals surface area contributed by atoms with Gasteiger partial charge in [-0.05, 0) is 62.1 Å². The number of hydrogen-bond donors (Lipinski definition) is 0. The summed E-state index contributed by atoms with van der Waals surface area (Å²) in [5.74, 6) is 0.323. The van der Waals surface area contributed by atoms with Gasteiger partial charge in [0, 0.05) is 42.7 Å². The summed E-state index contributed by atoms with van der Waals surface area (Å²) in [5.41, 5.74) is 1.66. The first-order valence-electron chi connectivity index (χ1n) is 11.3. The molecular weight excluding hydrogens is 442 g/mol. The van der Waals surface area contributed by atoms with Gasteiger partial charge in [-0.15, -0.1) is 11.3 Å². The van der Waals surface area contributed by atoms with Gasteiger partial charge in [-0.25, -0.2) is 4.98 Å². The molecule has 5 nitrogen and oxygen atoms in total. The van der Waals surface area contributed by atoms with Gasteiger partial charge in [-0.1, -0.05) is 23.7 Å². The van der Waals surface area contributed by atoms with Gasteiger partial charge in [-0.3, -0.25) is 9.59 Å². The maximum atomic E-state index is 13.4. The summed E-state index contributed by atoms with van der Waals surface area (Å²) in [6.45, 7) is 2.70. The molecule has 2 aromatic carbocycles. The fourth-order valence-electron chi connectivity index (χ4n) is 4.84. The van der Waals surface area contributed by atoms with Crippen LogP contribution in [0.5, 0.6) is 0 Å². The molecule has 2 atom stereocenters. The largest absolute Gasteiger partial charge is 0.342 e. The van der Waals surface area contributed by atoms with Gasteiger partial charge in [0.05, 0.1) is 21.1 Å². The molecule has 0 unspecified atom stereocenters. The number of piperidine rings is 2. The fraction of sp³-hybridized carbons (Fsp3) is 0.400. The van der Waals surface area contributed by atoms with Crippen molar-refractivity contribution in [2.45, 2.75) is 31.6 Å². The monoisotopic (exact) mass is 467 g/mol. The van der Waals surface area contributed by atoms with E-state index in [1.54, 1.807) is 35.6 Å². The molecule has 2 aliphatic heterocycles. The van der Waals surface area contributed by atoms with Gasteiger partial charge in [0.15, 0.2) is 0 Å². The number of fused-ring (bicyclic) bond motifs is 1. The zero-order valence-electron chi connectivity index (χ0n) is 17.9. The molecule has 3 heterocycles. The quantitative estimate of drug-likeness (QED) is 0.531. The molecule has 2 saturated heterocycles. The minimum Gasteiger partial charge on any atom is -0.342 e. The average molecular weight is 468 g/mol. The molecule has 0 bridgehead atoms. The molecule has 0 saturated carbocycles. The highest BCUT2D eigenvalue weighted by Crippen LogP contribution is 2.34. The van der Waals surface area contributed by atoms with Crippen molar-refractivity contribution in [1.29, 1.82) is 0 Å². The first-order valence-corrected chi connectivity index (χ1v) is 12.5. The number of benzene rings is 2. The number of thiazole rings is 1. The van der Waals surface area contributed by atoms with Crippen LogP contribution in [-0.4, -0.2) is 52.8 Å². The van der Waals surface area contributed by atoms with Crippen LogP contribution in [0.4, 0.5) is 0 Å². The highest BCUT2D eigenvalue weighted by Gasteiger charge is 2.34. The first kappa shape index (κ1) is 21.4. The second kappa shape index (κ2) is 9.20. The van der Waals surface area contributed by atoms with E-state index in [4.69, 9.17) is 16.6 Å². The van der Waals surface area contributed by atoms with Gasteiger partial charge < -0.3 is 9.80 Å². The highest BCUT2D eigenvalue weighted by molar-refractivity contribution is 7.18. The van der Waals surface area contributed by atoms with Crippen LogP contribution in [0.3, 0.4) is 0 Å². The van der Waals surface area contributed by atoms with E-state index < -0.39 is 0 Å². The summed E-state index contributed by atoms with van der Waals surface area (Å²) >= 11 is 7.70. The topological polar surface area (TPSA) is 53.5 Å². The Morgan fingerprint density at radius 2 is 1.69 bits per heavy atom. The third-order valence-corrected chi connectivity index (χ3v) is 7.99. The minimum absolute atomic E-state index is 0.0230. The van der Waals surface area contributed by atoms with Crippen LogP contribution >= 0.6 is 22.9 Å². The highest BCUT2D eigenvalue weighted by atomic mass is 35.5. The van der Waals surface area contributed by atoms with Crippen LogP contribution < -0.4 is 0 Å². The van der Waals surface area contributed by atoms with Crippen LogP contribution in [0.15, 0.2) is 48.5 Å². The van der Waals surface area contributed by atoms with E-state index in [2.05, 4.69) is 12.1 Å². The van der Waals surface area contributed by atoms with Crippen LogP contribution in [0.1, 0.15) is 47.0 Å². The van der Waals surface area contributed by atoms with Crippen LogP contribution in [0.2, 0.25) is 5.02 Å². The molecule has 32 heavy (non-hydrogen) atoms. The summed E-state index contributed by atoms with van der Waals surface area (Å²) in [5, 5.41) is 1.74. The third-order valence-electron chi connectivity index (χ3n) is 6.54. The summed E-state index contributed by atoms with van der Waals surface area (Å²) < 4.78 is 1.20. The summed E-state index contributed by atoms with van der Waals surface area (Å²) in [4.78, 5) is 35.0. The van der Waals surface area contributed by atoms with Crippen molar-refractivity contribution in [1.82, 2.24) is 14.8 Å².